The van der Waals surface area contributed by atoms with Gasteiger partial charge in [0.15, 0.2) is 0 Å². The van der Waals surface area contributed by atoms with Crippen LogP contribution in [0.3, 0.4) is 0 Å². The Morgan fingerprint density at radius 2 is 1.84 bits per heavy atom. The third kappa shape index (κ3) is 5.17. The molecule has 1 aromatic heterocycles. The first kappa shape index (κ1) is 18.7. The van der Waals surface area contributed by atoms with E-state index in [-0.39, 0.29) is 6.42 Å². The van der Waals surface area contributed by atoms with Gasteiger partial charge in [-0.3, -0.25) is 9.59 Å². The molecule has 6 heteroatoms. The summed E-state index contributed by atoms with van der Waals surface area (Å²) in [7, 11) is 0. The molecule has 0 saturated heterocycles. The van der Waals surface area contributed by atoms with Crippen LogP contribution in [-0.4, -0.2) is 22.0 Å². The highest BCUT2D eigenvalue weighted by atomic mass is 16.6. The monoisotopic (exact) mass is 345 g/mol. The minimum Gasteiger partial charge on any atom is -0.460 e. The highest BCUT2D eigenvalue weighted by molar-refractivity contribution is 5.85. The van der Waals surface area contributed by atoms with Crippen molar-refractivity contribution >= 4 is 11.9 Å². The summed E-state index contributed by atoms with van der Waals surface area (Å²) in [4.78, 5) is 36.5. The molecule has 0 aliphatic rings. The number of ether oxygens (including phenoxy) is 1. The van der Waals surface area contributed by atoms with Gasteiger partial charge in [-0.1, -0.05) is 37.3 Å². The first-order valence-electron chi connectivity index (χ1n) is 8.17. The second-order valence-electron chi connectivity index (χ2n) is 7.02. The van der Waals surface area contributed by atoms with Gasteiger partial charge in [0.1, 0.15) is 11.9 Å². The molecule has 0 unspecified atom stereocenters. The Morgan fingerprint density at radius 1 is 1.20 bits per heavy atom. The van der Waals surface area contributed by atoms with Crippen LogP contribution >= 0.6 is 0 Å². The second-order valence-corrected chi connectivity index (χ2v) is 7.02. The quantitative estimate of drug-likeness (QED) is 0.778. The molecule has 25 heavy (non-hydrogen) atoms. The molecule has 0 saturated carbocycles. The molecule has 0 fully saturated rings. The van der Waals surface area contributed by atoms with Gasteiger partial charge in [0, 0.05) is 12.3 Å². The molecule has 2 aromatic rings. The van der Waals surface area contributed by atoms with Crippen LogP contribution < -0.4 is 5.76 Å². The van der Waals surface area contributed by atoms with Crippen LogP contribution in [0, 0.1) is 5.92 Å². The number of rotatable bonds is 5. The maximum Gasteiger partial charge on any atom is 0.426 e. The summed E-state index contributed by atoms with van der Waals surface area (Å²) in [6.45, 7) is 6.87. The fourth-order valence-electron chi connectivity index (χ4n) is 2.44. The average Bonchev–Trinajstić information content (AvgIpc) is 2.86. The van der Waals surface area contributed by atoms with E-state index in [1.807, 2.05) is 30.3 Å². The number of hydrogen-bond acceptors (Lipinski definition) is 5. The summed E-state index contributed by atoms with van der Waals surface area (Å²) < 4.78 is 11.1. The molecule has 1 atom stereocenters. The molecule has 1 aromatic carbocycles. The van der Waals surface area contributed by atoms with E-state index in [9.17, 15) is 14.4 Å². The largest absolute Gasteiger partial charge is 0.460 e. The molecule has 2 rings (SSSR count). The Hall–Kier alpha value is -2.63. The van der Waals surface area contributed by atoms with Crippen molar-refractivity contribution in [1.29, 1.82) is 0 Å². The Bertz CT molecular complexity index is 795. The molecule has 0 aliphatic carbocycles. The second kappa shape index (κ2) is 7.51. The van der Waals surface area contributed by atoms with E-state index < -0.39 is 29.2 Å². The van der Waals surface area contributed by atoms with Crippen LogP contribution in [0.1, 0.15) is 50.2 Å². The van der Waals surface area contributed by atoms with Crippen molar-refractivity contribution in [2.24, 2.45) is 5.92 Å². The number of nitrogens with zero attached hydrogens (tertiary/aromatic N) is 1. The van der Waals surface area contributed by atoms with Crippen LogP contribution in [0.2, 0.25) is 0 Å². The Balaban J connectivity index is 2.15. The lowest BCUT2D eigenvalue weighted by molar-refractivity contribution is -0.155. The molecular formula is C19H23NO5. The number of esters is 1. The fraction of sp³-hybridized carbons (Fsp3) is 0.421. The van der Waals surface area contributed by atoms with Gasteiger partial charge in [0.05, 0.1) is 12.1 Å². The van der Waals surface area contributed by atoms with E-state index >= 15 is 0 Å². The van der Waals surface area contributed by atoms with Crippen LogP contribution in [0.5, 0.6) is 0 Å². The number of benzene rings is 1. The van der Waals surface area contributed by atoms with Gasteiger partial charge in [-0.15, -0.1) is 0 Å². The van der Waals surface area contributed by atoms with Gasteiger partial charge in [-0.05, 0) is 26.3 Å². The summed E-state index contributed by atoms with van der Waals surface area (Å²) >= 11 is 0. The lowest BCUT2D eigenvalue weighted by atomic mass is 10.1. The lowest BCUT2D eigenvalue weighted by Crippen LogP contribution is -2.32. The summed E-state index contributed by atoms with van der Waals surface area (Å²) in [5.74, 6) is -2.39. The Morgan fingerprint density at radius 3 is 2.44 bits per heavy atom. The highest BCUT2D eigenvalue weighted by Crippen LogP contribution is 2.15. The summed E-state index contributed by atoms with van der Waals surface area (Å²) in [5.41, 5.74) is 0.784. The standard InChI is InChI=1S/C19H23NO5/c1-13(10-16(21)25-19(2,3)4)17(22)20-15(12-24-18(20)23)11-14-8-6-5-7-9-14/h5-9,12-13H,10-11H2,1-4H3/t13-/m1/s1. The van der Waals surface area contributed by atoms with Gasteiger partial charge in [0.25, 0.3) is 0 Å². The molecule has 0 amide bonds. The lowest BCUT2D eigenvalue weighted by Gasteiger charge is -2.20. The van der Waals surface area contributed by atoms with Crippen LogP contribution in [0.4, 0.5) is 0 Å². The van der Waals surface area contributed by atoms with Crippen molar-refractivity contribution in [1.82, 2.24) is 4.57 Å². The molecule has 0 bridgehead atoms. The van der Waals surface area contributed by atoms with Gasteiger partial charge >= 0.3 is 11.7 Å². The minimum atomic E-state index is -0.744. The molecule has 0 N–H and O–H groups in total. The van der Waals surface area contributed by atoms with Gasteiger partial charge in [-0.2, -0.15) is 0 Å². The van der Waals surface area contributed by atoms with E-state index in [4.69, 9.17) is 9.15 Å². The zero-order chi connectivity index (χ0) is 18.6. The fourth-order valence-corrected chi connectivity index (χ4v) is 2.44. The van der Waals surface area contributed by atoms with Crippen molar-refractivity contribution in [2.75, 3.05) is 0 Å². The predicted molar refractivity (Wildman–Crippen MR) is 92.5 cm³/mol. The third-order valence-corrected chi connectivity index (χ3v) is 3.53. The van der Waals surface area contributed by atoms with E-state index in [2.05, 4.69) is 0 Å². The predicted octanol–water partition coefficient (Wildman–Crippen LogP) is 3.04. The molecule has 0 radical (unpaired) electrons. The number of carbonyl (C=O) groups is 2. The number of carbonyl (C=O) groups excluding carboxylic acids is 2. The number of aromatic nitrogens is 1. The first-order chi connectivity index (χ1) is 11.7. The topological polar surface area (TPSA) is 78.5 Å². The van der Waals surface area contributed by atoms with Crippen molar-refractivity contribution < 1.29 is 18.7 Å². The number of oxazole rings is 1. The summed E-state index contributed by atoms with van der Waals surface area (Å²) in [5, 5.41) is 0. The van der Waals surface area contributed by atoms with E-state index in [1.54, 1.807) is 27.7 Å². The van der Waals surface area contributed by atoms with Crippen molar-refractivity contribution in [3.8, 4) is 0 Å². The molecular weight excluding hydrogens is 322 g/mol. The van der Waals surface area contributed by atoms with Crippen LogP contribution in [0.15, 0.2) is 45.8 Å². The van der Waals surface area contributed by atoms with E-state index in [0.717, 1.165) is 10.1 Å². The normalized spacial score (nSPS) is 12.6. The molecule has 134 valence electrons. The summed E-state index contributed by atoms with van der Waals surface area (Å²) in [6.07, 6.45) is 1.57. The molecule has 6 nitrogen and oxygen atoms in total. The molecule has 0 aliphatic heterocycles. The van der Waals surface area contributed by atoms with Gasteiger partial charge in [0.2, 0.25) is 5.91 Å². The summed E-state index contributed by atoms with van der Waals surface area (Å²) in [6, 6.07) is 9.45. The van der Waals surface area contributed by atoms with Gasteiger partial charge in [-0.25, -0.2) is 9.36 Å². The maximum atomic E-state index is 12.6. The maximum absolute atomic E-state index is 12.6. The first-order valence-corrected chi connectivity index (χ1v) is 8.17. The molecule has 0 spiro atoms. The average molecular weight is 345 g/mol. The SMILES string of the molecule is C[C@H](CC(=O)OC(C)(C)C)C(=O)n1c(Cc2ccccc2)coc1=O. The highest BCUT2D eigenvalue weighted by Gasteiger charge is 2.26. The molecule has 1 heterocycles. The zero-order valence-corrected chi connectivity index (χ0v) is 14.9. The minimum absolute atomic E-state index is 0.0987. The van der Waals surface area contributed by atoms with Crippen LogP contribution in [0.25, 0.3) is 0 Å². The third-order valence-electron chi connectivity index (χ3n) is 3.53. The Labute approximate surface area is 146 Å². The number of hydrogen-bond donors (Lipinski definition) is 0. The van der Waals surface area contributed by atoms with Crippen molar-refractivity contribution in [3.05, 3.63) is 58.4 Å². The smallest absolute Gasteiger partial charge is 0.426 e. The van der Waals surface area contributed by atoms with E-state index in [1.165, 1.54) is 6.26 Å². The van der Waals surface area contributed by atoms with Gasteiger partial charge < -0.3 is 9.15 Å². The van der Waals surface area contributed by atoms with E-state index in [0.29, 0.717) is 12.1 Å². The van der Waals surface area contributed by atoms with Crippen LogP contribution in [-0.2, 0) is 16.0 Å². The zero-order valence-electron chi connectivity index (χ0n) is 14.9. The van der Waals surface area contributed by atoms with Crippen molar-refractivity contribution in [2.45, 2.75) is 46.1 Å². The Kier molecular flexibility index (Phi) is 5.62. The van der Waals surface area contributed by atoms with Crippen molar-refractivity contribution in [3.63, 3.8) is 0 Å².